The van der Waals surface area contributed by atoms with E-state index in [2.05, 4.69) is 20.5 Å². The van der Waals surface area contributed by atoms with Crippen LogP contribution in [0.25, 0.3) is 0 Å². The largest absolute Gasteiger partial charge is 0.524 e. The summed E-state index contributed by atoms with van der Waals surface area (Å²) in [5.41, 5.74) is 0.685. The van der Waals surface area contributed by atoms with E-state index in [9.17, 15) is 24.1 Å². The van der Waals surface area contributed by atoms with Gasteiger partial charge in [-0.1, -0.05) is 12.1 Å². The van der Waals surface area contributed by atoms with Gasteiger partial charge < -0.3 is 25.6 Å². The Labute approximate surface area is 174 Å². The van der Waals surface area contributed by atoms with Gasteiger partial charge in [0.25, 0.3) is 0 Å². The lowest BCUT2D eigenvalue weighted by Gasteiger charge is -2.20. The van der Waals surface area contributed by atoms with Crippen LogP contribution < -0.4 is 20.5 Å². The average Bonchev–Trinajstić information content (AvgIpc) is 2.64. The Bertz CT molecular complexity index is 765. The molecule has 0 saturated heterocycles. The number of carboxylic acid groups (broad SMARTS) is 1. The van der Waals surface area contributed by atoms with E-state index in [-0.39, 0.29) is 24.5 Å². The van der Waals surface area contributed by atoms with Gasteiger partial charge in [0.2, 0.25) is 11.8 Å². The summed E-state index contributed by atoms with van der Waals surface area (Å²) in [6, 6.07) is 4.09. The van der Waals surface area contributed by atoms with Crippen molar-refractivity contribution in [2.24, 2.45) is 0 Å². The van der Waals surface area contributed by atoms with Crippen LogP contribution in [0.3, 0.4) is 0 Å². The maximum atomic E-state index is 12.5. The number of hydrogen-bond donors (Lipinski definition) is 6. The zero-order valence-corrected chi connectivity index (χ0v) is 17.7. The van der Waals surface area contributed by atoms with Gasteiger partial charge in [0.1, 0.15) is 11.8 Å². The summed E-state index contributed by atoms with van der Waals surface area (Å²) in [5, 5.41) is 17.3. The van der Waals surface area contributed by atoms with Crippen LogP contribution in [0.2, 0.25) is 0 Å². The topological polar surface area (TPSA) is 174 Å². The van der Waals surface area contributed by atoms with Crippen LogP contribution in [0.5, 0.6) is 5.75 Å². The fourth-order valence-corrected chi connectivity index (χ4v) is 3.05. The van der Waals surface area contributed by atoms with E-state index in [0.717, 1.165) is 0 Å². The highest BCUT2D eigenvalue weighted by Gasteiger charge is 2.24. The molecule has 12 heteroatoms. The van der Waals surface area contributed by atoms with Crippen LogP contribution >= 0.6 is 7.82 Å². The van der Waals surface area contributed by atoms with Crippen LogP contribution in [0, 0.1) is 0 Å². The van der Waals surface area contributed by atoms with E-state index >= 15 is 0 Å². The molecule has 0 aliphatic carbocycles. The normalized spacial score (nSPS) is 13.2. The quantitative estimate of drug-likeness (QED) is 0.183. The number of rotatable bonds is 13. The van der Waals surface area contributed by atoms with Crippen molar-refractivity contribution in [2.75, 3.05) is 13.6 Å². The molecule has 1 rings (SSSR count). The van der Waals surface area contributed by atoms with E-state index in [0.29, 0.717) is 24.9 Å². The molecule has 6 N–H and O–H groups in total. The molecule has 1 unspecified atom stereocenters. The van der Waals surface area contributed by atoms with Gasteiger partial charge in [0, 0.05) is 13.5 Å². The molecular formula is C18H28N3O8P. The first-order chi connectivity index (χ1) is 14.0. The van der Waals surface area contributed by atoms with Crippen molar-refractivity contribution in [3.63, 3.8) is 0 Å². The Kier molecular flexibility index (Phi) is 10.5. The van der Waals surface area contributed by atoms with Crippen LogP contribution in [-0.2, 0) is 25.4 Å². The monoisotopic (exact) mass is 445 g/mol. The van der Waals surface area contributed by atoms with Gasteiger partial charge >= 0.3 is 13.8 Å². The van der Waals surface area contributed by atoms with Crippen LogP contribution in [0.1, 0.15) is 31.7 Å². The highest BCUT2D eigenvalue weighted by Crippen LogP contribution is 2.37. The molecule has 1 aromatic rings. The number of unbranched alkanes of at least 4 members (excludes halogenated alkanes) is 1. The summed E-state index contributed by atoms with van der Waals surface area (Å²) in [7, 11) is -3.08. The van der Waals surface area contributed by atoms with Crippen LogP contribution in [0.15, 0.2) is 24.3 Å². The number of aliphatic carboxylic acids is 1. The Balaban J connectivity index is 2.61. The van der Waals surface area contributed by atoms with Gasteiger partial charge in [0.15, 0.2) is 0 Å². The van der Waals surface area contributed by atoms with Gasteiger partial charge in [-0.25, -0.2) is 9.36 Å². The fraction of sp³-hybridized carbons (Fsp3) is 0.500. The number of nitrogens with one attached hydrogen (secondary N) is 3. The van der Waals surface area contributed by atoms with Gasteiger partial charge in [-0.05, 0) is 50.4 Å². The maximum absolute atomic E-state index is 12.5. The molecule has 0 aliphatic heterocycles. The third-order valence-electron chi connectivity index (χ3n) is 4.16. The summed E-state index contributed by atoms with van der Waals surface area (Å²) in [5.74, 6) is -1.79. The maximum Gasteiger partial charge on any atom is 0.524 e. The van der Waals surface area contributed by atoms with E-state index < -0.39 is 31.8 Å². The lowest BCUT2D eigenvalue weighted by atomic mass is 10.0. The minimum absolute atomic E-state index is 0.0113. The molecule has 0 radical (unpaired) electrons. The highest BCUT2D eigenvalue weighted by atomic mass is 31.2. The highest BCUT2D eigenvalue weighted by molar-refractivity contribution is 7.46. The second-order valence-electron chi connectivity index (χ2n) is 6.65. The van der Waals surface area contributed by atoms with Crippen LogP contribution in [0.4, 0.5) is 0 Å². The molecule has 2 amide bonds. The standard InChI is InChI=1S/C18H28N3O8P/c1-12(22)20-10-4-3-5-15(18(24)25)21-17(23)16(19-2)11-13-6-8-14(9-7-13)29-30(26,27)28/h6-9,15-16,19H,3-5,10-11H2,1-2H3,(H,20,22)(H,21,23)(H,24,25)(H2,26,27,28)/t15?,16-/m1/s1. The second-order valence-corrected chi connectivity index (χ2v) is 7.81. The third-order valence-corrected chi connectivity index (χ3v) is 4.61. The van der Waals surface area contributed by atoms with E-state index in [1.165, 1.54) is 19.1 Å². The second kappa shape index (κ2) is 12.3. The Morgan fingerprint density at radius 3 is 2.23 bits per heavy atom. The number of likely N-dealkylation sites (N-methyl/N-ethyl adjacent to an activating group) is 1. The number of carbonyl (C=O) groups excluding carboxylic acids is 2. The van der Waals surface area contributed by atoms with Gasteiger partial charge in [-0.15, -0.1) is 0 Å². The first kappa shape index (κ1) is 25.6. The molecule has 30 heavy (non-hydrogen) atoms. The number of carboxylic acids is 1. The Hall–Kier alpha value is -2.46. The van der Waals surface area contributed by atoms with Crippen molar-refractivity contribution in [3.8, 4) is 5.75 Å². The van der Waals surface area contributed by atoms with Crippen molar-refractivity contribution >= 4 is 25.6 Å². The van der Waals surface area contributed by atoms with E-state index in [1.807, 2.05) is 0 Å². The summed E-state index contributed by atoms with van der Waals surface area (Å²) >= 11 is 0. The number of phosphoric ester groups is 1. The number of benzene rings is 1. The zero-order valence-electron chi connectivity index (χ0n) is 16.8. The minimum atomic E-state index is -4.65. The third kappa shape index (κ3) is 10.4. The number of amides is 2. The smallest absolute Gasteiger partial charge is 0.480 e. The lowest BCUT2D eigenvalue weighted by molar-refractivity contribution is -0.142. The molecule has 168 valence electrons. The van der Waals surface area contributed by atoms with Gasteiger partial charge in [0.05, 0.1) is 6.04 Å². The first-order valence-electron chi connectivity index (χ1n) is 9.30. The summed E-state index contributed by atoms with van der Waals surface area (Å²) < 4.78 is 15.3. The Morgan fingerprint density at radius 2 is 1.73 bits per heavy atom. The summed E-state index contributed by atoms with van der Waals surface area (Å²) in [4.78, 5) is 52.4. The average molecular weight is 445 g/mol. The van der Waals surface area contributed by atoms with Gasteiger partial charge in [-0.3, -0.25) is 19.4 Å². The molecule has 0 heterocycles. The summed E-state index contributed by atoms with van der Waals surface area (Å²) in [6.45, 7) is 1.84. The molecule has 1 aromatic carbocycles. The molecule has 2 atom stereocenters. The number of carbonyl (C=O) groups is 3. The predicted molar refractivity (Wildman–Crippen MR) is 108 cm³/mol. The van der Waals surface area contributed by atoms with Crippen LogP contribution in [-0.4, -0.2) is 58.4 Å². The Morgan fingerprint density at radius 1 is 1.10 bits per heavy atom. The van der Waals surface area contributed by atoms with Crippen molar-refractivity contribution < 1.29 is 38.4 Å². The van der Waals surface area contributed by atoms with E-state index in [4.69, 9.17) is 9.79 Å². The molecule has 0 bridgehead atoms. The molecule has 0 fully saturated rings. The van der Waals surface area contributed by atoms with Gasteiger partial charge in [-0.2, -0.15) is 0 Å². The van der Waals surface area contributed by atoms with Crippen molar-refractivity contribution in [3.05, 3.63) is 29.8 Å². The number of hydrogen-bond acceptors (Lipinski definition) is 6. The fourth-order valence-electron chi connectivity index (χ4n) is 2.65. The zero-order chi connectivity index (χ0) is 22.7. The molecule has 11 nitrogen and oxygen atoms in total. The van der Waals surface area contributed by atoms with E-state index in [1.54, 1.807) is 19.2 Å². The minimum Gasteiger partial charge on any atom is -0.480 e. The molecule has 0 aromatic heterocycles. The van der Waals surface area contributed by atoms with Crippen molar-refractivity contribution in [1.82, 2.24) is 16.0 Å². The molecule has 0 spiro atoms. The predicted octanol–water partition coefficient (Wildman–Crippen LogP) is 0.164. The summed E-state index contributed by atoms with van der Waals surface area (Å²) in [6.07, 6.45) is 1.57. The van der Waals surface area contributed by atoms with Crippen molar-refractivity contribution in [1.29, 1.82) is 0 Å². The van der Waals surface area contributed by atoms with Crippen molar-refractivity contribution in [2.45, 2.75) is 44.7 Å². The molecule has 0 aliphatic rings. The molecule has 0 saturated carbocycles. The molecular weight excluding hydrogens is 417 g/mol. The SMILES string of the molecule is CN[C@H](Cc1ccc(OP(=O)(O)O)cc1)C(=O)NC(CCCCNC(C)=O)C(=O)O. The lowest BCUT2D eigenvalue weighted by Crippen LogP contribution is -2.50. The number of phosphoric acid groups is 1. The first-order valence-corrected chi connectivity index (χ1v) is 10.8.